The molecule has 6 nitrogen and oxygen atoms in total. The minimum Gasteiger partial charge on any atom is -0.480 e. The number of hydrogen-bond acceptors (Lipinski definition) is 3. The number of carbonyl (C=O) groups is 2. The van der Waals surface area contributed by atoms with E-state index >= 15 is 0 Å². The first-order chi connectivity index (χ1) is 11.0. The molecule has 120 valence electrons. The van der Waals surface area contributed by atoms with Crippen molar-refractivity contribution in [1.82, 2.24) is 14.7 Å². The van der Waals surface area contributed by atoms with E-state index in [2.05, 4.69) is 5.10 Å². The summed E-state index contributed by atoms with van der Waals surface area (Å²) >= 11 is 0. The van der Waals surface area contributed by atoms with Crippen LogP contribution in [0.4, 0.5) is 0 Å². The molecule has 0 radical (unpaired) electrons. The van der Waals surface area contributed by atoms with Crippen molar-refractivity contribution in [3.8, 4) is 5.69 Å². The van der Waals surface area contributed by atoms with E-state index in [9.17, 15) is 14.7 Å². The van der Waals surface area contributed by atoms with Gasteiger partial charge in [-0.1, -0.05) is 18.2 Å². The molecule has 1 fully saturated rings. The molecule has 1 atom stereocenters. The van der Waals surface area contributed by atoms with Crippen LogP contribution < -0.4 is 0 Å². The zero-order chi connectivity index (χ0) is 16.6. The molecule has 0 bridgehead atoms. The molecule has 0 spiro atoms. The zero-order valence-corrected chi connectivity index (χ0v) is 13.2. The lowest BCUT2D eigenvalue weighted by atomic mass is 10.1. The van der Waals surface area contributed by atoms with Crippen LogP contribution in [0.1, 0.15) is 34.5 Å². The topological polar surface area (TPSA) is 75.4 Å². The van der Waals surface area contributed by atoms with Gasteiger partial charge in [-0.3, -0.25) is 4.79 Å². The van der Waals surface area contributed by atoms with Crippen molar-refractivity contribution >= 4 is 11.9 Å². The van der Waals surface area contributed by atoms with Gasteiger partial charge in [-0.25, -0.2) is 9.48 Å². The fourth-order valence-electron chi connectivity index (χ4n) is 3.08. The molecule has 1 aromatic heterocycles. The minimum atomic E-state index is -0.945. The Labute approximate surface area is 134 Å². The quantitative estimate of drug-likeness (QED) is 0.942. The average molecular weight is 313 g/mol. The molecule has 23 heavy (non-hydrogen) atoms. The average Bonchev–Trinajstić information content (AvgIpc) is 3.14. The van der Waals surface area contributed by atoms with Crippen molar-refractivity contribution in [1.29, 1.82) is 0 Å². The van der Waals surface area contributed by atoms with E-state index in [-0.39, 0.29) is 5.91 Å². The van der Waals surface area contributed by atoms with Crippen molar-refractivity contribution in [2.45, 2.75) is 32.7 Å². The maximum atomic E-state index is 12.7. The van der Waals surface area contributed by atoms with Gasteiger partial charge < -0.3 is 10.0 Å². The Kier molecular flexibility index (Phi) is 3.90. The van der Waals surface area contributed by atoms with E-state index in [1.807, 2.05) is 38.1 Å². The van der Waals surface area contributed by atoms with Crippen LogP contribution in [-0.2, 0) is 4.79 Å². The van der Waals surface area contributed by atoms with Gasteiger partial charge in [0.25, 0.3) is 5.91 Å². The number of rotatable bonds is 3. The predicted octanol–water partition coefficient (Wildman–Crippen LogP) is 2.18. The van der Waals surface area contributed by atoms with Gasteiger partial charge in [0.1, 0.15) is 6.04 Å². The number of aromatic nitrogens is 2. The van der Waals surface area contributed by atoms with E-state index in [4.69, 9.17) is 0 Å². The number of carboxylic acids is 1. The zero-order valence-electron chi connectivity index (χ0n) is 13.2. The first-order valence-corrected chi connectivity index (χ1v) is 7.65. The van der Waals surface area contributed by atoms with Crippen molar-refractivity contribution in [3.05, 3.63) is 47.3 Å². The maximum absolute atomic E-state index is 12.7. The third-order valence-electron chi connectivity index (χ3n) is 4.38. The second-order valence-electron chi connectivity index (χ2n) is 5.84. The first kappa shape index (κ1) is 15.3. The summed E-state index contributed by atoms with van der Waals surface area (Å²) in [4.78, 5) is 25.4. The summed E-state index contributed by atoms with van der Waals surface area (Å²) in [6, 6.07) is 7.07. The summed E-state index contributed by atoms with van der Waals surface area (Å²) in [6.07, 6.45) is 2.75. The summed E-state index contributed by atoms with van der Waals surface area (Å²) in [5.74, 6) is -1.20. The molecule has 1 amide bonds. The molecule has 1 aromatic carbocycles. The van der Waals surface area contributed by atoms with Gasteiger partial charge in [0.2, 0.25) is 0 Å². The predicted molar refractivity (Wildman–Crippen MR) is 84.7 cm³/mol. The molecular formula is C17H19N3O3. The third-order valence-corrected chi connectivity index (χ3v) is 4.38. The molecule has 0 saturated carbocycles. The lowest BCUT2D eigenvalue weighted by Gasteiger charge is -2.21. The highest BCUT2D eigenvalue weighted by Gasteiger charge is 2.35. The molecule has 1 saturated heterocycles. The lowest BCUT2D eigenvalue weighted by molar-refractivity contribution is -0.141. The molecule has 1 aliphatic rings. The van der Waals surface area contributed by atoms with Gasteiger partial charge in [0.05, 0.1) is 23.1 Å². The Bertz CT molecular complexity index is 766. The maximum Gasteiger partial charge on any atom is 0.326 e. The second-order valence-corrected chi connectivity index (χ2v) is 5.84. The van der Waals surface area contributed by atoms with E-state index in [0.29, 0.717) is 24.9 Å². The van der Waals surface area contributed by atoms with Gasteiger partial charge >= 0.3 is 5.97 Å². The number of amides is 1. The van der Waals surface area contributed by atoms with Crippen LogP contribution in [-0.4, -0.2) is 44.3 Å². The standard InChI is InChI=1S/C17H19N3O3/c1-11-6-3-4-7-14(11)20-12(2)13(10-18-20)16(21)19-9-5-8-15(19)17(22)23/h3-4,6-7,10,15H,5,8-9H2,1-2H3,(H,22,23). The Morgan fingerprint density at radius 3 is 2.70 bits per heavy atom. The largest absolute Gasteiger partial charge is 0.480 e. The van der Waals surface area contributed by atoms with E-state index in [0.717, 1.165) is 16.9 Å². The number of benzene rings is 1. The monoisotopic (exact) mass is 313 g/mol. The number of hydrogen-bond donors (Lipinski definition) is 1. The summed E-state index contributed by atoms with van der Waals surface area (Å²) < 4.78 is 1.73. The highest BCUT2D eigenvalue weighted by Crippen LogP contribution is 2.23. The van der Waals surface area contributed by atoms with Crippen LogP contribution in [0.25, 0.3) is 5.69 Å². The Hall–Kier alpha value is -2.63. The number of para-hydroxylation sites is 1. The van der Waals surface area contributed by atoms with E-state index in [1.54, 1.807) is 4.68 Å². The first-order valence-electron chi connectivity index (χ1n) is 7.65. The Balaban J connectivity index is 1.95. The molecular weight excluding hydrogens is 294 g/mol. The van der Waals surface area contributed by atoms with E-state index < -0.39 is 12.0 Å². The Morgan fingerprint density at radius 1 is 1.26 bits per heavy atom. The summed E-state index contributed by atoms with van der Waals surface area (Å²) in [5.41, 5.74) is 3.16. The number of nitrogens with zero attached hydrogens (tertiary/aromatic N) is 3. The van der Waals surface area contributed by atoms with Crippen LogP contribution in [0.5, 0.6) is 0 Å². The van der Waals surface area contributed by atoms with Crippen LogP contribution >= 0.6 is 0 Å². The summed E-state index contributed by atoms with van der Waals surface area (Å²) in [5, 5.41) is 13.6. The highest BCUT2D eigenvalue weighted by molar-refractivity contribution is 5.97. The van der Waals surface area contributed by atoms with E-state index in [1.165, 1.54) is 11.1 Å². The van der Waals surface area contributed by atoms with Crippen molar-refractivity contribution in [2.75, 3.05) is 6.54 Å². The van der Waals surface area contributed by atoms with Gasteiger partial charge in [0.15, 0.2) is 0 Å². The number of aliphatic carboxylic acids is 1. The smallest absolute Gasteiger partial charge is 0.326 e. The number of carboxylic acid groups (broad SMARTS) is 1. The van der Waals surface area contributed by atoms with Gasteiger partial charge in [0, 0.05) is 6.54 Å². The lowest BCUT2D eigenvalue weighted by Crippen LogP contribution is -2.40. The molecule has 2 heterocycles. The van der Waals surface area contributed by atoms with Crippen LogP contribution in [0.15, 0.2) is 30.5 Å². The number of likely N-dealkylation sites (tertiary alicyclic amines) is 1. The molecule has 1 aliphatic heterocycles. The fraction of sp³-hybridized carbons (Fsp3) is 0.353. The minimum absolute atomic E-state index is 0.257. The fourth-order valence-corrected chi connectivity index (χ4v) is 3.08. The molecule has 6 heteroatoms. The van der Waals surface area contributed by atoms with Crippen LogP contribution in [0, 0.1) is 13.8 Å². The molecule has 0 aliphatic carbocycles. The number of carbonyl (C=O) groups excluding carboxylic acids is 1. The normalized spacial score (nSPS) is 17.5. The molecule has 2 aromatic rings. The third kappa shape index (κ3) is 2.60. The molecule has 1 unspecified atom stereocenters. The Morgan fingerprint density at radius 2 is 2.00 bits per heavy atom. The van der Waals surface area contributed by atoms with Crippen molar-refractivity contribution < 1.29 is 14.7 Å². The highest BCUT2D eigenvalue weighted by atomic mass is 16.4. The molecule has 1 N–H and O–H groups in total. The summed E-state index contributed by atoms with van der Waals surface area (Å²) in [7, 11) is 0. The summed E-state index contributed by atoms with van der Waals surface area (Å²) in [6.45, 7) is 4.29. The van der Waals surface area contributed by atoms with Gasteiger partial charge in [-0.05, 0) is 38.3 Å². The van der Waals surface area contributed by atoms with Gasteiger partial charge in [-0.2, -0.15) is 5.10 Å². The van der Waals surface area contributed by atoms with Crippen molar-refractivity contribution in [2.24, 2.45) is 0 Å². The van der Waals surface area contributed by atoms with Crippen LogP contribution in [0.2, 0.25) is 0 Å². The SMILES string of the molecule is Cc1ccccc1-n1ncc(C(=O)N2CCCC2C(=O)O)c1C. The van der Waals surface area contributed by atoms with Gasteiger partial charge in [-0.15, -0.1) is 0 Å². The van der Waals surface area contributed by atoms with Crippen LogP contribution in [0.3, 0.4) is 0 Å². The molecule has 3 rings (SSSR count). The second kappa shape index (κ2) is 5.87. The van der Waals surface area contributed by atoms with Crippen molar-refractivity contribution in [3.63, 3.8) is 0 Å². The number of aryl methyl sites for hydroxylation is 1.